The normalized spacial score (nSPS) is 13.9. The topological polar surface area (TPSA) is 46.5 Å². The van der Waals surface area contributed by atoms with Crippen molar-refractivity contribution in [2.45, 2.75) is 22.6 Å². The first kappa shape index (κ1) is 13.0. The molecule has 1 unspecified atom stereocenters. The predicted molar refractivity (Wildman–Crippen MR) is 73.1 cm³/mol. The third kappa shape index (κ3) is 2.25. The molecule has 0 spiro atoms. The van der Waals surface area contributed by atoms with Gasteiger partial charge in [-0.15, -0.1) is 0 Å². The van der Waals surface area contributed by atoms with E-state index in [-0.39, 0.29) is 5.82 Å². The molecule has 0 bridgehead atoms. The zero-order valence-corrected chi connectivity index (χ0v) is 11.4. The molecule has 3 rings (SSSR count). The number of ether oxygens (including phenoxy) is 1. The van der Waals surface area contributed by atoms with E-state index in [0.717, 1.165) is 4.90 Å². The highest BCUT2D eigenvalue weighted by Gasteiger charge is 2.21. The minimum absolute atomic E-state index is 0.321. The van der Waals surface area contributed by atoms with Crippen LogP contribution in [0.4, 0.5) is 4.39 Å². The lowest BCUT2D eigenvalue weighted by molar-refractivity contribution is -0.138. The van der Waals surface area contributed by atoms with Crippen molar-refractivity contribution in [3.8, 4) is 11.5 Å². The molecular weight excluding hydrogens is 279 g/mol. The Morgan fingerprint density at radius 1 is 1.20 bits per heavy atom. The van der Waals surface area contributed by atoms with E-state index in [0.29, 0.717) is 22.0 Å². The molecule has 5 heteroatoms. The van der Waals surface area contributed by atoms with Crippen LogP contribution in [-0.2, 0) is 4.79 Å². The Morgan fingerprint density at radius 2 is 1.85 bits per heavy atom. The molecule has 0 aliphatic carbocycles. The molecule has 0 amide bonds. The Morgan fingerprint density at radius 3 is 2.55 bits per heavy atom. The number of carboxylic acids is 1. The lowest BCUT2D eigenvalue weighted by Crippen LogP contribution is -2.07. The summed E-state index contributed by atoms with van der Waals surface area (Å²) in [7, 11) is 0. The minimum Gasteiger partial charge on any atom is -0.481 e. The van der Waals surface area contributed by atoms with Gasteiger partial charge in [-0.05, 0) is 42.8 Å². The van der Waals surface area contributed by atoms with Gasteiger partial charge in [0.25, 0.3) is 0 Å². The van der Waals surface area contributed by atoms with Crippen molar-refractivity contribution in [3.63, 3.8) is 0 Å². The first-order valence-corrected chi connectivity index (χ1v) is 6.88. The van der Waals surface area contributed by atoms with Crippen molar-refractivity contribution >= 4 is 17.7 Å². The standard InChI is InChI=1S/C15H11FO3S/c1-8(15(17)18)9-2-4-11-13(6-9)20-14-7-10(16)3-5-12(14)19-11/h2-8H,1H3,(H,17,18). The Balaban J connectivity index is 1.99. The maximum absolute atomic E-state index is 13.2. The highest BCUT2D eigenvalue weighted by Crippen LogP contribution is 2.47. The molecule has 0 saturated heterocycles. The molecular formula is C15H11FO3S. The molecule has 2 aromatic carbocycles. The van der Waals surface area contributed by atoms with Crippen LogP contribution in [0.1, 0.15) is 18.4 Å². The van der Waals surface area contributed by atoms with Gasteiger partial charge in [0.1, 0.15) is 17.3 Å². The van der Waals surface area contributed by atoms with Crippen molar-refractivity contribution in [2.24, 2.45) is 0 Å². The van der Waals surface area contributed by atoms with E-state index in [4.69, 9.17) is 9.84 Å². The fraction of sp³-hybridized carbons (Fsp3) is 0.133. The monoisotopic (exact) mass is 290 g/mol. The molecule has 1 N–H and O–H groups in total. The molecule has 2 aromatic rings. The van der Waals surface area contributed by atoms with E-state index in [9.17, 15) is 9.18 Å². The Labute approximate surface area is 119 Å². The molecule has 1 heterocycles. The number of hydrogen-bond acceptors (Lipinski definition) is 3. The first-order chi connectivity index (χ1) is 9.54. The smallest absolute Gasteiger partial charge is 0.310 e. The van der Waals surface area contributed by atoms with E-state index in [2.05, 4.69) is 0 Å². The summed E-state index contributed by atoms with van der Waals surface area (Å²) in [5.74, 6) is -0.510. The number of rotatable bonds is 2. The van der Waals surface area contributed by atoms with E-state index < -0.39 is 11.9 Å². The van der Waals surface area contributed by atoms with Gasteiger partial charge < -0.3 is 9.84 Å². The van der Waals surface area contributed by atoms with Crippen molar-refractivity contribution in [2.75, 3.05) is 0 Å². The summed E-state index contributed by atoms with van der Waals surface area (Å²) in [6, 6.07) is 9.64. The number of carboxylic acid groups (broad SMARTS) is 1. The van der Waals surface area contributed by atoms with Crippen LogP contribution in [0.2, 0.25) is 0 Å². The number of hydrogen-bond donors (Lipinski definition) is 1. The summed E-state index contributed by atoms with van der Waals surface area (Å²) in [6.45, 7) is 1.63. The van der Waals surface area contributed by atoms with Crippen molar-refractivity contribution in [1.29, 1.82) is 0 Å². The lowest BCUT2D eigenvalue weighted by Gasteiger charge is -2.20. The molecule has 0 saturated carbocycles. The summed E-state index contributed by atoms with van der Waals surface area (Å²) < 4.78 is 18.9. The largest absolute Gasteiger partial charge is 0.481 e. The van der Waals surface area contributed by atoms with Gasteiger partial charge in [0, 0.05) is 0 Å². The maximum atomic E-state index is 13.2. The summed E-state index contributed by atoms with van der Waals surface area (Å²) in [5.41, 5.74) is 0.701. The fourth-order valence-electron chi connectivity index (χ4n) is 1.98. The molecule has 0 fully saturated rings. The zero-order valence-electron chi connectivity index (χ0n) is 10.6. The number of fused-ring (bicyclic) bond motifs is 2. The summed E-state index contributed by atoms with van der Waals surface area (Å²) in [4.78, 5) is 12.5. The Kier molecular flexibility index (Phi) is 3.14. The predicted octanol–water partition coefficient (Wildman–Crippen LogP) is 4.27. The quantitative estimate of drug-likeness (QED) is 0.765. The first-order valence-electron chi connectivity index (χ1n) is 6.06. The van der Waals surface area contributed by atoms with Gasteiger partial charge in [-0.1, -0.05) is 17.8 Å². The molecule has 20 heavy (non-hydrogen) atoms. The van der Waals surface area contributed by atoms with Gasteiger partial charge >= 0.3 is 5.97 Å². The average molecular weight is 290 g/mol. The molecule has 102 valence electrons. The second-order valence-corrected chi connectivity index (χ2v) is 5.65. The second kappa shape index (κ2) is 4.83. The highest BCUT2D eigenvalue weighted by molar-refractivity contribution is 7.99. The third-order valence-electron chi connectivity index (χ3n) is 3.18. The van der Waals surface area contributed by atoms with Crippen LogP contribution in [0.3, 0.4) is 0 Å². The van der Waals surface area contributed by atoms with E-state index in [1.165, 1.54) is 23.9 Å². The number of benzene rings is 2. The number of aliphatic carboxylic acids is 1. The molecule has 0 aromatic heterocycles. The molecule has 1 aliphatic heterocycles. The average Bonchev–Trinajstić information content (AvgIpc) is 2.43. The summed E-state index contributed by atoms with van der Waals surface area (Å²) in [5, 5.41) is 9.05. The van der Waals surface area contributed by atoms with Crippen LogP contribution in [0.15, 0.2) is 46.2 Å². The van der Waals surface area contributed by atoms with E-state index >= 15 is 0 Å². The van der Waals surface area contributed by atoms with Gasteiger partial charge in [0.15, 0.2) is 0 Å². The van der Waals surface area contributed by atoms with Crippen LogP contribution in [0.5, 0.6) is 11.5 Å². The van der Waals surface area contributed by atoms with Gasteiger partial charge in [0.05, 0.1) is 15.7 Å². The SMILES string of the molecule is CC(C(=O)O)c1ccc2c(c1)Sc1cc(F)ccc1O2. The Bertz CT molecular complexity index is 700. The van der Waals surface area contributed by atoms with Gasteiger partial charge in [-0.3, -0.25) is 4.79 Å². The fourth-order valence-corrected chi connectivity index (χ4v) is 3.01. The van der Waals surface area contributed by atoms with Crippen LogP contribution in [-0.4, -0.2) is 11.1 Å². The van der Waals surface area contributed by atoms with Crippen LogP contribution in [0.25, 0.3) is 0 Å². The second-order valence-electron chi connectivity index (χ2n) is 4.56. The molecule has 1 aliphatic rings. The number of carbonyl (C=O) groups is 1. The van der Waals surface area contributed by atoms with Crippen LogP contribution in [0, 0.1) is 5.82 Å². The zero-order chi connectivity index (χ0) is 14.3. The third-order valence-corrected chi connectivity index (χ3v) is 4.26. The number of halogens is 1. The van der Waals surface area contributed by atoms with Crippen LogP contribution >= 0.6 is 11.8 Å². The maximum Gasteiger partial charge on any atom is 0.310 e. The summed E-state index contributed by atoms with van der Waals surface area (Å²) in [6.07, 6.45) is 0. The minimum atomic E-state index is -0.877. The van der Waals surface area contributed by atoms with Crippen molar-refractivity contribution in [3.05, 3.63) is 47.8 Å². The van der Waals surface area contributed by atoms with Gasteiger partial charge in [0.2, 0.25) is 0 Å². The lowest BCUT2D eigenvalue weighted by atomic mass is 10.0. The van der Waals surface area contributed by atoms with E-state index in [1.54, 1.807) is 31.2 Å². The van der Waals surface area contributed by atoms with Crippen molar-refractivity contribution < 1.29 is 19.0 Å². The molecule has 0 radical (unpaired) electrons. The van der Waals surface area contributed by atoms with Crippen molar-refractivity contribution in [1.82, 2.24) is 0 Å². The van der Waals surface area contributed by atoms with E-state index in [1.807, 2.05) is 0 Å². The van der Waals surface area contributed by atoms with Gasteiger partial charge in [-0.25, -0.2) is 4.39 Å². The van der Waals surface area contributed by atoms with Crippen LogP contribution < -0.4 is 4.74 Å². The van der Waals surface area contributed by atoms with Gasteiger partial charge in [-0.2, -0.15) is 0 Å². The summed E-state index contributed by atoms with van der Waals surface area (Å²) >= 11 is 1.38. The highest BCUT2D eigenvalue weighted by atomic mass is 32.2. The Hall–Kier alpha value is -2.01. The molecule has 3 nitrogen and oxygen atoms in total. The molecule has 1 atom stereocenters.